The summed E-state index contributed by atoms with van der Waals surface area (Å²) in [6.07, 6.45) is 4.90. The molecule has 200 valence electrons. The fourth-order valence-electron chi connectivity index (χ4n) is 4.66. The van der Waals surface area contributed by atoms with Crippen LogP contribution >= 0.6 is 11.5 Å². The molecule has 0 bridgehead atoms. The van der Waals surface area contributed by atoms with E-state index in [1.165, 1.54) is 17.0 Å². The average Bonchev–Trinajstić information content (AvgIpc) is 3.31. The first-order valence-corrected chi connectivity index (χ1v) is 13.1. The van der Waals surface area contributed by atoms with Gasteiger partial charge in [0.1, 0.15) is 22.4 Å². The van der Waals surface area contributed by atoms with Gasteiger partial charge in [0.2, 0.25) is 5.91 Å². The minimum atomic E-state index is -1.06. The monoisotopic (exact) mass is 537 g/mol. The number of anilines is 1. The number of hydrogen-bond acceptors (Lipinski definition) is 8. The Labute approximate surface area is 224 Å². The molecule has 1 heterocycles. The Balaban J connectivity index is 1.79. The molecule has 3 amide bonds. The van der Waals surface area contributed by atoms with E-state index in [1.807, 2.05) is 6.07 Å². The van der Waals surface area contributed by atoms with Crippen molar-refractivity contribution in [2.45, 2.75) is 50.7 Å². The van der Waals surface area contributed by atoms with Gasteiger partial charge in [0.05, 0.1) is 12.8 Å². The molecule has 0 aliphatic heterocycles. The second-order valence-electron chi connectivity index (χ2n) is 9.26. The van der Waals surface area contributed by atoms with Gasteiger partial charge < -0.3 is 31.5 Å². The van der Waals surface area contributed by atoms with E-state index < -0.39 is 17.9 Å². The second kappa shape index (κ2) is 12.0. The summed E-state index contributed by atoms with van der Waals surface area (Å²) < 4.78 is 9.32. The van der Waals surface area contributed by atoms with Gasteiger partial charge in [-0.05, 0) is 59.8 Å². The number of rotatable bonds is 9. The lowest BCUT2D eigenvalue weighted by Crippen LogP contribution is -2.46. The predicted octanol–water partition coefficient (Wildman–Crippen LogP) is 3.37. The number of hydrogen-bond donors (Lipinski definition) is 4. The van der Waals surface area contributed by atoms with E-state index in [9.17, 15) is 19.5 Å². The summed E-state index contributed by atoms with van der Waals surface area (Å²) >= 11 is 0.758. The third kappa shape index (κ3) is 6.05. The minimum absolute atomic E-state index is 0.000394. The van der Waals surface area contributed by atoms with Gasteiger partial charge in [-0.15, -0.1) is 0 Å². The highest BCUT2D eigenvalue weighted by molar-refractivity contribution is 7.09. The van der Waals surface area contributed by atoms with Crippen molar-refractivity contribution in [2.75, 3.05) is 12.8 Å². The molecular weight excluding hydrogens is 506 g/mol. The summed E-state index contributed by atoms with van der Waals surface area (Å²) in [7, 11) is 1.54. The van der Waals surface area contributed by atoms with Crippen LogP contribution in [0.15, 0.2) is 48.5 Å². The van der Waals surface area contributed by atoms with Gasteiger partial charge in [-0.1, -0.05) is 43.5 Å². The van der Waals surface area contributed by atoms with E-state index in [0.717, 1.165) is 43.6 Å². The lowest BCUT2D eigenvalue weighted by Gasteiger charge is -2.33. The van der Waals surface area contributed by atoms with E-state index in [-0.39, 0.29) is 40.5 Å². The van der Waals surface area contributed by atoms with Crippen LogP contribution in [0.5, 0.6) is 11.5 Å². The first-order chi connectivity index (χ1) is 18.3. The molecule has 1 aliphatic rings. The van der Waals surface area contributed by atoms with Gasteiger partial charge in [-0.3, -0.25) is 14.4 Å². The van der Waals surface area contributed by atoms with Gasteiger partial charge in [0, 0.05) is 12.6 Å². The molecule has 1 fully saturated rings. The number of carbonyl (C=O) groups excluding carboxylic acids is 3. The van der Waals surface area contributed by atoms with Gasteiger partial charge in [-0.2, -0.15) is 4.37 Å². The van der Waals surface area contributed by atoms with Crippen LogP contribution in [0, 0.1) is 0 Å². The Morgan fingerprint density at radius 2 is 1.87 bits per heavy atom. The lowest BCUT2D eigenvalue weighted by atomic mass is 9.94. The molecule has 0 spiro atoms. The summed E-state index contributed by atoms with van der Waals surface area (Å²) in [5, 5.41) is 13.0. The van der Waals surface area contributed by atoms with Crippen molar-refractivity contribution in [1.29, 1.82) is 0 Å². The Morgan fingerprint density at radius 1 is 1.16 bits per heavy atom. The normalized spacial score (nSPS) is 14.4. The number of nitrogens with one attached hydrogen (secondary N) is 1. The first-order valence-electron chi connectivity index (χ1n) is 12.4. The number of primary amides is 1. The predicted molar refractivity (Wildman–Crippen MR) is 144 cm³/mol. The number of carbonyl (C=O) groups is 3. The largest absolute Gasteiger partial charge is 0.508 e. The Bertz CT molecular complexity index is 1300. The van der Waals surface area contributed by atoms with Crippen LogP contribution in [0.4, 0.5) is 5.69 Å². The smallest absolute Gasteiger partial charge is 0.270 e. The maximum absolute atomic E-state index is 14.0. The number of nitrogen functional groups attached to an aromatic ring is 1. The van der Waals surface area contributed by atoms with Crippen molar-refractivity contribution in [3.05, 3.63) is 70.2 Å². The first kappa shape index (κ1) is 26.9. The highest BCUT2D eigenvalue weighted by Crippen LogP contribution is 2.32. The van der Waals surface area contributed by atoms with E-state index in [0.29, 0.717) is 16.9 Å². The van der Waals surface area contributed by atoms with Crippen LogP contribution in [0.2, 0.25) is 0 Å². The summed E-state index contributed by atoms with van der Waals surface area (Å²) in [6, 6.07) is 12.3. The third-order valence-corrected chi connectivity index (χ3v) is 7.47. The lowest BCUT2D eigenvalue weighted by molar-refractivity contribution is -0.127. The zero-order valence-electron chi connectivity index (χ0n) is 21.1. The SMILES string of the molecule is COc1cccc(CN(C(=O)c2snc(C(N)=O)c2N)[C@@H](C(=O)NC2CCCCC2)c2ccc(O)cc2)c1. The summed E-state index contributed by atoms with van der Waals surface area (Å²) in [5.41, 5.74) is 12.4. The molecule has 0 unspecified atom stereocenters. The van der Waals surface area contributed by atoms with Gasteiger partial charge in [0.15, 0.2) is 5.69 Å². The molecular formula is C27H31N5O5S. The zero-order valence-corrected chi connectivity index (χ0v) is 21.9. The number of aromatic nitrogens is 1. The third-order valence-electron chi connectivity index (χ3n) is 6.62. The van der Waals surface area contributed by atoms with Crippen LogP contribution < -0.4 is 21.5 Å². The number of amides is 3. The summed E-state index contributed by atoms with van der Waals surface area (Å²) in [4.78, 5) is 41.1. The number of phenols is 1. The molecule has 1 aromatic heterocycles. The number of phenolic OH excluding ortho intramolecular Hbond substituents is 1. The van der Waals surface area contributed by atoms with Crippen molar-refractivity contribution in [1.82, 2.24) is 14.6 Å². The fraction of sp³-hybridized carbons (Fsp3) is 0.333. The molecule has 38 heavy (non-hydrogen) atoms. The highest BCUT2D eigenvalue weighted by Gasteiger charge is 2.36. The number of benzene rings is 2. The van der Waals surface area contributed by atoms with E-state index >= 15 is 0 Å². The number of aromatic hydroxyl groups is 1. The van der Waals surface area contributed by atoms with Gasteiger partial charge in [-0.25, -0.2) is 0 Å². The molecule has 11 heteroatoms. The topological polar surface area (TPSA) is 161 Å². The van der Waals surface area contributed by atoms with E-state index in [1.54, 1.807) is 37.4 Å². The maximum Gasteiger partial charge on any atom is 0.270 e. The summed E-state index contributed by atoms with van der Waals surface area (Å²) in [6.45, 7) is 0.0307. The number of nitrogens with two attached hydrogens (primary N) is 2. The van der Waals surface area contributed by atoms with Crippen molar-refractivity contribution in [3.8, 4) is 11.5 Å². The second-order valence-corrected chi connectivity index (χ2v) is 10.0. The molecule has 1 atom stereocenters. The average molecular weight is 538 g/mol. The molecule has 2 aromatic carbocycles. The molecule has 0 radical (unpaired) electrons. The van der Waals surface area contributed by atoms with Crippen molar-refractivity contribution >= 4 is 34.9 Å². The molecule has 3 aromatic rings. The van der Waals surface area contributed by atoms with Crippen molar-refractivity contribution < 1.29 is 24.2 Å². The summed E-state index contributed by atoms with van der Waals surface area (Å²) in [5.74, 6) is -1.15. The van der Waals surface area contributed by atoms with E-state index in [4.69, 9.17) is 16.2 Å². The van der Waals surface area contributed by atoms with Crippen molar-refractivity contribution in [2.24, 2.45) is 5.73 Å². The van der Waals surface area contributed by atoms with Crippen LogP contribution in [0.1, 0.15) is 69.4 Å². The van der Waals surface area contributed by atoms with E-state index in [2.05, 4.69) is 9.69 Å². The van der Waals surface area contributed by atoms with Crippen LogP contribution in [0.3, 0.4) is 0 Å². The number of nitrogens with zero attached hydrogens (tertiary/aromatic N) is 2. The highest BCUT2D eigenvalue weighted by atomic mass is 32.1. The Hall–Kier alpha value is -4.12. The number of methoxy groups -OCH3 is 1. The molecule has 6 N–H and O–H groups in total. The van der Waals surface area contributed by atoms with Gasteiger partial charge >= 0.3 is 0 Å². The molecule has 4 rings (SSSR count). The van der Waals surface area contributed by atoms with Crippen LogP contribution in [0.25, 0.3) is 0 Å². The maximum atomic E-state index is 14.0. The van der Waals surface area contributed by atoms with Crippen LogP contribution in [-0.4, -0.2) is 45.3 Å². The Kier molecular flexibility index (Phi) is 8.47. The molecule has 1 aliphatic carbocycles. The van der Waals surface area contributed by atoms with Gasteiger partial charge in [0.25, 0.3) is 11.8 Å². The Morgan fingerprint density at radius 3 is 2.50 bits per heavy atom. The fourth-order valence-corrected chi connectivity index (χ4v) is 5.43. The minimum Gasteiger partial charge on any atom is -0.508 e. The standard InChI is InChI=1S/C27H31N5O5S/c1-37-20-9-5-6-16(14-20)15-32(27(36)24-21(28)22(25(29)34)31-38-24)23(17-10-12-19(33)13-11-17)26(35)30-18-7-3-2-4-8-18/h5-6,9-14,18,23,33H,2-4,7-8,15,28H2,1H3,(H2,29,34)(H,30,35)/t23-/m1/s1. The quantitative estimate of drug-likeness (QED) is 0.325. The number of ether oxygens (including phenoxy) is 1. The van der Waals surface area contributed by atoms with Crippen LogP contribution in [-0.2, 0) is 11.3 Å². The molecule has 10 nitrogen and oxygen atoms in total. The zero-order chi connectivity index (χ0) is 27.2. The molecule has 0 saturated heterocycles. The molecule has 1 saturated carbocycles. The van der Waals surface area contributed by atoms with Crippen molar-refractivity contribution in [3.63, 3.8) is 0 Å².